The summed E-state index contributed by atoms with van der Waals surface area (Å²) in [5.41, 5.74) is -1.04. The molecule has 0 aromatic rings. The molecule has 0 saturated carbocycles. The Kier molecular flexibility index (Phi) is 6.61. The lowest BCUT2D eigenvalue weighted by Gasteiger charge is -2.45. The van der Waals surface area contributed by atoms with E-state index in [2.05, 4.69) is 12.6 Å². The van der Waals surface area contributed by atoms with Gasteiger partial charge in [-0.1, -0.05) is 0 Å². The number of hydrogen-bond acceptors (Lipinski definition) is 11. The number of aliphatic hydroxyl groups is 7. The van der Waals surface area contributed by atoms with E-state index in [0.29, 0.717) is 0 Å². The van der Waals surface area contributed by atoms with Crippen LogP contribution in [0.2, 0.25) is 0 Å². The average Bonchev–Trinajstić information content (AvgIpc) is 2.55. The van der Waals surface area contributed by atoms with Gasteiger partial charge in [-0.2, -0.15) is 0 Å². The molecule has 0 spiro atoms. The number of ether oxygens (including phenoxy) is 3. The van der Waals surface area contributed by atoms with Gasteiger partial charge in [-0.05, 0) is 0 Å². The van der Waals surface area contributed by atoms with E-state index in [1.54, 1.807) is 0 Å². The summed E-state index contributed by atoms with van der Waals surface area (Å²) in [4.78, 5) is 0. The van der Waals surface area contributed by atoms with E-state index < -0.39 is 73.8 Å². The number of rotatable bonds is 4. The van der Waals surface area contributed by atoms with Gasteiger partial charge in [0.25, 0.3) is 0 Å². The molecular formula is C12H22O10S. The van der Waals surface area contributed by atoms with Crippen molar-refractivity contribution in [3.8, 4) is 0 Å². The molecule has 2 saturated heterocycles. The van der Waals surface area contributed by atoms with Crippen molar-refractivity contribution in [1.82, 2.24) is 0 Å². The lowest BCUT2D eigenvalue weighted by Crippen LogP contribution is -2.63. The van der Waals surface area contributed by atoms with Gasteiger partial charge in [-0.25, -0.2) is 0 Å². The Morgan fingerprint density at radius 1 is 0.739 bits per heavy atom. The van der Waals surface area contributed by atoms with Crippen molar-refractivity contribution in [1.29, 1.82) is 0 Å². The quantitative estimate of drug-likeness (QED) is 0.229. The maximum absolute atomic E-state index is 10.1. The highest BCUT2D eigenvalue weighted by atomic mass is 32.1. The van der Waals surface area contributed by atoms with E-state index in [-0.39, 0.29) is 0 Å². The number of thiol groups is 1. The van der Waals surface area contributed by atoms with Crippen LogP contribution in [0.3, 0.4) is 0 Å². The van der Waals surface area contributed by atoms with E-state index in [1.165, 1.54) is 0 Å². The summed E-state index contributed by atoms with van der Waals surface area (Å²) in [6.45, 7) is -1.21. The maximum atomic E-state index is 10.1. The van der Waals surface area contributed by atoms with Gasteiger partial charge in [-0.15, -0.1) is 12.6 Å². The monoisotopic (exact) mass is 358 g/mol. The van der Waals surface area contributed by atoms with Crippen molar-refractivity contribution in [3.05, 3.63) is 0 Å². The largest absolute Gasteiger partial charge is 0.394 e. The first-order valence-electron chi connectivity index (χ1n) is 7.08. The van der Waals surface area contributed by atoms with Crippen molar-refractivity contribution in [2.75, 3.05) is 13.2 Å². The molecule has 10 atom stereocenters. The van der Waals surface area contributed by atoms with Crippen LogP contribution in [0.1, 0.15) is 0 Å². The predicted molar refractivity (Wildman–Crippen MR) is 75.4 cm³/mol. The molecule has 10 nitrogen and oxygen atoms in total. The number of hydrogen-bond donors (Lipinski definition) is 8. The van der Waals surface area contributed by atoms with E-state index in [0.717, 1.165) is 0 Å². The standard InChI is InChI=1S/C12H22O10S/c13-1-3-5(15)6(16)8(18)11(20-3)22-10-4(2-14)21-12(23)9(19)7(10)17/h3-19,23H,1-2H2/t3-,4-,5+,6+,7-,8-,9-,10+,11-,12+/m1/s1. The van der Waals surface area contributed by atoms with Crippen molar-refractivity contribution in [3.63, 3.8) is 0 Å². The minimum atomic E-state index is -1.68. The summed E-state index contributed by atoms with van der Waals surface area (Å²) in [6.07, 6.45) is -12.9. The zero-order chi connectivity index (χ0) is 17.3. The second kappa shape index (κ2) is 7.89. The summed E-state index contributed by atoms with van der Waals surface area (Å²) in [6, 6.07) is 0. The molecule has 7 N–H and O–H groups in total. The summed E-state index contributed by atoms with van der Waals surface area (Å²) >= 11 is 3.92. The molecule has 11 heteroatoms. The highest BCUT2D eigenvalue weighted by molar-refractivity contribution is 7.80. The van der Waals surface area contributed by atoms with Crippen LogP contribution in [0.25, 0.3) is 0 Å². The molecule has 0 aromatic heterocycles. The minimum Gasteiger partial charge on any atom is -0.394 e. The van der Waals surface area contributed by atoms with Crippen molar-refractivity contribution >= 4 is 12.6 Å². The lowest BCUT2D eigenvalue weighted by molar-refractivity contribution is -0.338. The topological polar surface area (TPSA) is 169 Å². The van der Waals surface area contributed by atoms with Crippen molar-refractivity contribution < 1.29 is 50.0 Å². The minimum absolute atomic E-state index is 0.567. The molecule has 0 unspecified atom stereocenters. The number of aliphatic hydroxyl groups excluding tert-OH is 7. The molecule has 0 aromatic carbocycles. The third kappa shape index (κ3) is 3.80. The molecule has 2 heterocycles. The van der Waals surface area contributed by atoms with Crippen LogP contribution >= 0.6 is 12.6 Å². The van der Waals surface area contributed by atoms with Crippen LogP contribution in [-0.2, 0) is 14.2 Å². The highest BCUT2D eigenvalue weighted by Crippen LogP contribution is 2.29. The molecular weight excluding hydrogens is 336 g/mol. The van der Waals surface area contributed by atoms with Crippen LogP contribution in [0.5, 0.6) is 0 Å². The zero-order valence-electron chi connectivity index (χ0n) is 12.0. The lowest BCUT2D eigenvalue weighted by atomic mass is 9.97. The van der Waals surface area contributed by atoms with Crippen LogP contribution in [0, 0.1) is 0 Å². The van der Waals surface area contributed by atoms with E-state index >= 15 is 0 Å². The summed E-state index contributed by atoms with van der Waals surface area (Å²) in [5.74, 6) is 0. The Labute approximate surface area is 137 Å². The van der Waals surface area contributed by atoms with Crippen molar-refractivity contribution in [2.45, 2.75) is 60.6 Å². The first-order chi connectivity index (χ1) is 10.8. The fourth-order valence-corrected chi connectivity index (χ4v) is 2.90. The van der Waals surface area contributed by atoms with Gasteiger partial charge in [0.15, 0.2) is 6.29 Å². The molecule has 2 aliphatic heterocycles. The molecule has 0 radical (unpaired) electrons. The first kappa shape index (κ1) is 19.3. The molecule has 0 aliphatic carbocycles. The third-order valence-corrected chi connectivity index (χ3v) is 4.41. The van der Waals surface area contributed by atoms with Crippen LogP contribution in [0.4, 0.5) is 0 Å². The summed E-state index contributed by atoms with van der Waals surface area (Å²) in [5, 5.41) is 67.6. The Bertz CT molecular complexity index is 383. The van der Waals surface area contributed by atoms with Crippen molar-refractivity contribution in [2.24, 2.45) is 0 Å². The van der Waals surface area contributed by atoms with Crippen LogP contribution < -0.4 is 0 Å². The Balaban J connectivity index is 2.11. The second-order valence-electron chi connectivity index (χ2n) is 5.53. The first-order valence-corrected chi connectivity index (χ1v) is 7.60. The second-order valence-corrected chi connectivity index (χ2v) is 6.04. The van der Waals surface area contributed by atoms with Gasteiger partial charge in [-0.3, -0.25) is 0 Å². The Hall–Kier alpha value is -0.0500. The maximum Gasteiger partial charge on any atom is 0.187 e. The fraction of sp³-hybridized carbons (Fsp3) is 1.00. The van der Waals surface area contributed by atoms with Gasteiger partial charge in [0.05, 0.1) is 13.2 Å². The van der Waals surface area contributed by atoms with Gasteiger partial charge in [0, 0.05) is 0 Å². The predicted octanol–water partition coefficient (Wildman–Crippen LogP) is -4.46. The molecule has 2 rings (SSSR count). The van der Waals surface area contributed by atoms with Gasteiger partial charge in [0.1, 0.15) is 54.3 Å². The molecule has 2 fully saturated rings. The third-order valence-electron chi connectivity index (χ3n) is 3.98. The van der Waals surface area contributed by atoms with Gasteiger partial charge >= 0.3 is 0 Å². The smallest absolute Gasteiger partial charge is 0.187 e. The molecule has 0 bridgehead atoms. The Morgan fingerprint density at radius 2 is 1.35 bits per heavy atom. The average molecular weight is 358 g/mol. The van der Waals surface area contributed by atoms with Crippen LogP contribution in [-0.4, -0.2) is 110 Å². The van der Waals surface area contributed by atoms with Gasteiger partial charge in [0.2, 0.25) is 0 Å². The summed E-state index contributed by atoms with van der Waals surface area (Å²) < 4.78 is 15.7. The fourth-order valence-electron chi connectivity index (χ4n) is 2.57. The molecule has 23 heavy (non-hydrogen) atoms. The van der Waals surface area contributed by atoms with Crippen LogP contribution in [0.15, 0.2) is 0 Å². The Morgan fingerprint density at radius 3 is 1.91 bits per heavy atom. The van der Waals surface area contributed by atoms with E-state index in [1.807, 2.05) is 0 Å². The summed E-state index contributed by atoms with van der Waals surface area (Å²) in [7, 11) is 0. The SMILES string of the molecule is OC[C@H]1O[C@H](O[C@@H]2[C@H](O)[C@@H](O)[C@H](S)O[C@@H]2CO)[C@H](O)[C@@H](O)[C@H]1O. The zero-order valence-corrected chi connectivity index (χ0v) is 12.9. The van der Waals surface area contributed by atoms with E-state index in [9.17, 15) is 30.6 Å². The molecule has 2 aliphatic rings. The highest BCUT2D eigenvalue weighted by Gasteiger charge is 2.49. The van der Waals surface area contributed by atoms with E-state index in [4.69, 9.17) is 19.3 Å². The molecule has 0 amide bonds. The normalized spacial score (nSPS) is 51.7. The molecule has 136 valence electrons. The van der Waals surface area contributed by atoms with Gasteiger partial charge < -0.3 is 50.0 Å².